The van der Waals surface area contributed by atoms with Crippen LogP contribution in [0.4, 0.5) is 0 Å². The molecule has 1 aromatic heterocycles. The second-order valence-corrected chi connectivity index (χ2v) is 7.66. The quantitative estimate of drug-likeness (QED) is 0.644. The Kier molecular flexibility index (Phi) is 4.52. The predicted octanol–water partition coefficient (Wildman–Crippen LogP) is 3.41. The van der Waals surface area contributed by atoms with Crippen LogP contribution in [0.15, 0.2) is 41.1 Å². The maximum absolute atomic E-state index is 11.8. The maximum Gasteiger partial charge on any atom is 0.144 e. The van der Waals surface area contributed by atoms with E-state index in [0.29, 0.717) is 5.02 Å². The van der Waals surface area contributed by atoms with Gasteiger partial charge in [0, 0.05) is 16.8 Å². The number of rotatable bonds is 3. The molecule has 106 valence electrons. The summed E-state index contributed by atoms with van der Waals surface area (Å²) < 4.78 is 17.2. The van der Waals surface area contributed by atoms with Crippen molar-refractivity contribution in [2.75, 3.05) is 0 Å². The largest absolute Gasteiger partial charge is 0.591 e. The van der Waals surface area contributed by atoms with E-state index in [1.807, 2.05) is 39.1 Å². The van der Waals surface area contributed by atoms with Gasteiger partial charge in [0.05, 0.1) is 18.1 Å². The van der Waals surface area contributed by atoms with Gasteiger partial charge in [0.1, 0.15) is 16.1 Å². The number of hydrogen-bond acceptors (Lipinski definition) is 3. The van der Waals surface area contributed by atoms with E-state index in [4.69, 9.17) is 11.6 Å². The zero-order chi connectivity index (χ0) is 14.8. The monoisotopic (exact) mass is 309 g/mol. The molecule has 6 heteroatoms. The summed E-state index contributed by atoms with van der Waals surface area (Å²) in [6.07, 6.45) is 5.09. The van der Waals surface area contributed by atoms with E-state index in [9.17, 15) is 4.55 Å². The molecule has 0 amide bonds. The van der Waals surface area contributed by atoms with Crippen LogP contribution < -0.4 is 0 Å². The third-order valence-electron chi connectivity index (χ3n) is 2.52. The van der Waals surface area contributed by atoms with E-state index in [-0.39, 0.29) is 4.75 Å². The minimum Gasteiger partial charge on any atom is -0.591 e. The van der Waals surface area contributed by atoms with Crippen molar-refractivity contribution in [2.24, 2.45) is 4.40 Å². The van der Waals surface area contributed by atoms with Crippen LogP contribution in [0.2, 0.25) is 5.02 Å². The van der Waals surface area contributed by atoms with Crippen molar-refractivity contribution < 1.29 is 4.55 Å². The zero-order valence-electron chi connectivity index (χ0n) is 11.6. The molecule has 0 fully saturated rings. The van der Waals surface area contributed by atoms with Gasteiger partial charge < -0.3 is 4.55 Å². The van der Waals surface area contributed by atoms with Gasteiger partial charge in [-0.15, -0.1) is 0 Å². The standard InChI is InChI=1S/C14H16ClN3OS/c1-14(2,3)20(19)17-9-11-8-16-18(10-11)13-6-4-12(15)5-7-13/h4-10H,1-3H3/b17-9+/t20-/m1/s1. The summed E-state index contributed by atoms with van der Waals surface area (Å²) >= 11 is 4.59. The third-order valence-corrected chi connectivity index (χ3v) is 4.11. The molecule has 1 aromatic carbocycles. The highest BCUT2D eigenvalue weighted by atomic mass is 35.5. The average Bonchev–Trinajstić information content (AvgIpc) is 2.84. The van der Waals surface area contributed by atoms with Gasteiger partial charge in [-0.2, -0.15) is 5.10 Å². The van der Waals surface area contributed by atoms with E-state index in [0.717, 1.165) is 11.3 Å². The van der Waals surface area contributed by atoms with Crippen molar-refractivity contribution in [2.45, 2.75) is 25.5 Å². The molecule has 0 N–H and O–H groups in total. The Labute approximate surface area is 126 Å². The molecule has 0 aliphatic carbocycles. The fourth-order valence-corrected chi connectivity index (χ4v) is 2.06. The summed E-state index contributed by atoms with van der Waals surface area (Å²) in [5.41, 5.74) is 1.71. The molecule has 0 aliphatic heterocycles. The molecular formula is C14H16ClN3OS. The van der Waals surface area contributed by atoms with Gasteiger partial charge in [-0.3, -0.25) is 0 Å². The first kappa shape index (κ1) is 15.1. The molecule has 2 aromatic rings. The van der Waals surface area contributed by atoms with Gasteiger partial charge in [0.15, 0.2) is 0 Å². The van der Waals surface area contributed by atoms with Crippen LogP contribution in [0.3, 0.4) is 0 Å². The predicted molar refractivity (Wildman–Crippen MR) is 84.1 cm³/mol. The molecule has 0 bridgehead atoms. The van der Waals surface area contributed by atoms with Crippen molar-refractivity contribution in [1.29, 1.82) is 0 Å². The van der Waals surface area contributed by atoms with E-state index < -0.39 is 11.4 Å². The van der Waals surface area contributed by atoms with Crippen molar-refractivity contribution in [3.05, 3.63) is 47.2 Å². The molecule has 0 radical (unpaired) electrons. The average molecular weight is 310 g/mol. The Morgan fingerprint density at radius 3 is 2.55 bits per heavy atom. The van der Waals surface area contributed by atoms with Crippen LogP contribution in [-0.4, -0.2) is 25.3 Å². The van der Waals surface area contributed by atoms with Crippen LogP contribution in [-0.2, 0) is 11.4 Å². The summed E-state index contributed by atoms with van der Waals surface area (Å²) in [6.45, 7) is 5.66. The van der Waals surface area contributed by atoms with E-state index in [1.54, 1.807) is 29.2 Å². The minimum absolute atomic E-state index is 0.358. The van der Waals surface area contributed by atoms with Crippen molar-refractivity contribution in [3.63, 3.8) is 0 Å². The first-order valence-corrected chi connectivity index (χ1v) is 7.61. The van der Waals surface area contributed by atoms with Crippen LogP contribution in [0.1, 0.15) is 26.3 Å². The first-order valence-electron chi connectivity index (χ1n) is 6.13. The number of nitrogens with zero attached hydrogens (tertiary/aromatic N) is 3. The van der Waals surface area contributed by atoms with Gasteiger partial charge in [0.2, 0.25) is 0 Å². The number of aromatic nitrogens is 2. The molecule has 0 aliphatic rings. The number of hydrogen-bond donors (Lipinski definition) is 0. The molecule has 0 unspecified atom stereocenters. The molecule has 1 atom stereocenters. The summed E-state index contributed by atoms with van der Waals surface area (Å²) in [5.74, 6) is 0. The van der Waals surface area contributed by atoms with Gasteiger partial charge in [-0.1, -0.05) is 16.0 Å². The lowest BCUT2D eigenvalue weighted by molar-refractivity contribution is 0.562. The van der Waals surface area contributed by atoms with Crippen LogP contribution in [0.5, 0.6) is 0 Å². The first-order chi connectivity index (χ1) is 9.36. The molecule has 2 rings (SSSR count). The van der Waals surface area contributed by atoms with Gasteiger partial charge in [-0.05, 0) is 45.0 Å². The topological polar surface area (TPSA) is 53.2 Å². The zero-order valence-corrected chi connectivity index (χ0v) is 13.1. The molecule has 0 saturated carbocycles. The molecular weight excluding hydrogens is 294 g/mol. The van der Waals surface area contributed by atoms with Crippen molar-refractivity contribution in [3.8, 4) is 5.69 Å². The lowest BCUT2D eigenvalue weighted by Crippen LogP contribution is -2.25. The highest BCUT2D eigenvalue weighted by molar-refractivity contribution is 7.91. The highest BCUT2D eigenvalue weighted by Crippen LogP contribution is 2.17. The summed E-state index contributed by atoms with van der Waals surface area (Å²) in [4.78, 5) is 0. The Morgan fingerprint density at radius 1 is 1.30 bits per heavy atom. The van der Waals surface area contributed by atoms with E-state index >= 15 is 0 Å². The fourth-order valence-electron chi connectivity index (χ4n) is 1.41. The van der Waals surface area contributed by atoms with Crippen molar-refractivity contribution >= 4 is 29.2 Å². The Bertz CT molecular complexity index is 602. The van der Waals surface area contributed by atoms with Crippen LogP contribution >= 0.6 is 11.6 Å². The summed E-state index contributed by atoms with van der Waals surface area (Å²) in [6, 6.07) is 7.37. The number of benzene rings is 1. The van der Waals surface area contributed by atoms with E-state index in [1.165, 1.54) is 0 Å². The lowest BCUT2D eigenvalue weighted by Gasteiger charge is -2.17. The van der Waals surface area contributed by atoms with Gasteiger partial charge in [0.25, 0.3) is 0 Å². The lowest BCUT2D eigenvalue weighted by atomic mass is 10.3. The molecule has 0 spiro atoms. The second kappa shape index (κ2) is 5.99. The maximum atomic E-state index is 11.8. The summed E-state index contributed by atoms with van der Waals surface area (Å²) in [5, 5.41) is 4.92. The summed E-state index contributed by atoms with van der Waals surface area (Å²) in [7, 11) is 0. The van der Waals surface area contributed by atoms with Crippen molar-refractivity contribution in [1.82, 2.24) is 9.78 Å². The van der Waals surface area contributed by atoms with Crippen LogP contribution in [0, 0.1) is 0 Å². The fraction of sp³-hybridized carbons (Fsp3) is 0.286. The Balaban J connectivity index is 2.13. The molecule has 4 nitrogen and oxygen atoms in total. The molecule has 0 saturated heterocycles. The van der Waals surface area contributed by atoms with E-state index in [2.05, 4.69) is 9.50 Å². The van der Waals surface area contributed by atoms with Crippen LogP contribution in [0.25, 0.3) is 5.69 Å². The SMILES string of the molecule is CC(C)(C)[S@@+]([O-])/N=C/c1cnn(-c2ccc(Cl)cc2)c1. The molecule has 1 heterocycles. The Hall–Kier alpha value is -1.30. The minimum atomic E-state index is -1.26. The number of halogens is 1. The normalized spacial score (nSPS) is 13.8. The molecule has 20 heavy (non-hydrogen) atoms. The third kappa shape index (κ3) is 3.85. The van der Waals surface area contributed by atoms with Gasteiger partial charge >= 0.3 is 0 Å². The second-order valence-electron chi connectivity index (χ2n) is 5.29. The highest BCUT2D eigenvalue weighted by Gasteiger charge is 2.25. The Morgan fingerprint density at radius 2 is 1.95 bits per heavy atom. The van der Waals surface area contributed by atoms with Gasteiger partial charge in [-0.25, -0.2) is 4.68 Å². The smallest absolute Gasteiger partial charge is 0.144 e.